The number of hydrogen-bond donors (Lipinski definition) is 6. The van der Waals surface area contributed by atoms with Gasteiger partial charge in [0.05, 0.1) is 68.2 Å². The van der Waals surface area contributed by atoms with Gasteiger partial charge in [-0.05, 0) is 94.7 Å². The number of aryl methyl sites for hydroxylation is 2. The standard InChI is InChI=1S/C67H95F2N13O14S/c1-48-13-15-49(16-14-48)9-7-11-57(83)72-20-4-3-10-50(74-58(84)42-76-24-26-77(43-62(88)89)28-30-79(45-64(92)93)31-29-78(27-25-76)44-63(90)91)46-97-56-38-60(86)81(66(56)95)23-8-12-59(85)80-34-32-75(33-35-80)22-5-6-36-96-52-17-18-55-54(37-52)53(19-21-71-55)65(94)73-41-61(87)82-47-67(68,69)39-51(82)40-70-2/h13-19,21,37,40,50-51,56H,3-12,20,22-36,38-39,41-47H2,1-2H3,(H,72,83)(H,73,94)(H,74,84)(H,88,89)(H,90,91)(H,92,93)/t50?,51-,56?/m1/s1. The Morgan fingerprint density at radius 2 is 1.34 bits per heavy atom. The molecule has 2 aromatic carbocycles. The van der Waals surface area contributed by atoms with Crippen molar-refractivity contribution in [2.24, 2.45) is 4.99 Å². The van der Waals surface area contributed by atoms with Gasteiger partial charge in [-0.25, -0.2) is 8.78 Å². The largest absolute Gasteiger partial charge is 0.494 e. The predicted octanol–water partition coefficient (Wildman–Crippen LogP) is 2.42. The number of halogens is 2. The number of amides is 7. The topological polar surface area (TPSA) is 328 Å². The molecule has 4 fully saturated rings. The first-order valence-electron chi connectivity index (χ1n) is 33.5. The maximum absolute atomic E-state index is 14.1. The van der Waals surface area contributed by atoms with Crippen LogP contribution in [0.25, 0.3) is 10.9 Å². The van der Waals surface area contributed by atoms with Gasteiger partial charge in [-0.2, -0.15) is 0 Å². The molecule has 6 N–H and O–H groups in total. The number of piperazine rings is 1. The van der Waals surface area contributed by atoms with Crippen LogP contribution in [0.15, 0.2) is 59.7 Å². The van der Waals surface area contributed by atoms with Crippen LogP contribution in [0.1, 0.15) is 92.1 Å². The summed E-state index contributed by atoms with van der Waals surface area (Å²) in [4.78, 5) is 150. The van der Waals surface area contributed by atoms with E-state index >= 15 is 0 Å². The van der Waals surface area contributed by atoms with Crippen LogP contribution in [0.5, 0.6) is 5.75 Å². The summed E-state index contributed by atoms with van der Waals surface area (Å²) < 4.78 is 34.3. The molecular weight excluding hydrogens is 1280 g/mol. The number of nitrogens with one attached hydrogen (secondary N) is 3. The molecule has 7 rings (SSSR count). The average molecular weight is 1380 g/mol. The zero-order valence-corrected chi connectivity index (χ0v) is 56.5. The van der Waals surface area contributed by atoms with E-state index in [2.05, 4.69) is 43.0 Å². The number of aromatic nitrogens is 1. The van der Waals surface area contributed by atoms with Crippen LogP contribution in [0.3, 0.4) is 0 Å². The number of carboxylic acids is 3. The number of thioether (sulfide) groups is 1. The molecule has 0 bridgehead atoms. The van der Waals surface area contributed by atoms with Gasteiger partial charge in [0.15, 0.2) is 0 Å². The Morgan fingerprint density at radius 1 is 0.711 bits per heavy atom. The molecule has 3 aromatic rings. The number of benzene rings is 2. The molecule has 30 heteroatoms. The van der Waals surface area contributed by atoms with E-state index in [0.29, 0.717) is 94.5 Å². The van der Waals surface area contributed by atoms with E-state index < -0.39 is 72.5 Å². The first-order valence-corrected chi connectivity index (χ1v) is 34.6. The molecule has 5 heterocycles. The van der Waals surface area contributed by atoms with Gasteiger partial charge in [0.1, 0.15) is 5.75 Å². The second kappa shape index (κ2) is 39.0. The van der Waals surface area contributed by atoms with Gasteiger partial charge in [0.2, 0.25) is 35.4 Å². The van der Waals surface area contributed by atoms with E-state index in [1.807, 2.05) is 24.0 Å². The maximum Gasteiger partial charge on any atom is 0.317 e. The number of hydrogen-bond acceptors (Lipinski definition) is 19. The highest BCUT2D eigenvalue weighted by Crippen LogP contribution is 2.32. The third-order valence-corrected chi connectivity index (χ3v) is 19.0. The van der Waals surface area contributed by atoms with Crippen molar-refractivity contribution in [3.63, 3.8) is 0 Å². The number of fused-ring (bicyclic) bond motifs is 1. The number of carbonyl (C=O) groups is 10. The minimum Gasteiger partial charge on any atom is -0.494 e. The Balaban J connectivity index is 0.839. The van der Waals surface area contributed by atoms with E-state index in [9.17, 15) is 72.0 Å². The summed E-state index contributed by atoms with van der Waals surface area (Å²) in [6.45, 7) is 5.69. The number of likely N-dealkylation sites (tertiary alicyclic amines) is 2. The number of nitrogens with zero attached hydrogens (tertiary/aromatic N) is 10. The van der Waals surface area contributed by atoms with Gasteiger partial charge in [0, 0.05) is 154 Å². The second-order valence-corrected chi connectivity index (χ2v) is 26.5. The summed E-state index contributed by atoms with van der Waals surface area (Å²) in [6, 6.07) is 13.6. The van der Waals surface area contributed by atoms with Crippen molar-refractivity contribution in [1.82, 2.24) is 60.1 Å². The third kappa shape index (κ3) is 26.2. The molecule has 0 radical (unpaired) electrons. The summed E-state index contributed by atoms with van der Waals surface area (Å²) in [5.74, 6) is -7.83. The Hall–Kier alpha value is -7.77. The average Bonchev–Trinajstić information content (AvgIpc) is 1.80. The lowest BCUT2D eigenvalue weighted by atomic mass is 10.1. The van der Waals surface area contributed by atoms with Crippen molar-refractivity contribution in [2.45, 2.75) is 107 Å². The van der Waals surface area contributed by atoms with E-state index in [-0.39, 0.29) is 139 Å². The number of aliphatic carboxylic acids is 3. The number of rotatable bonds is 35. The predicted molar refractivity (Wildman–Crippen MR) is 360 cm³/mol. The first kappa shape index (κ1) is 76.6. The maximum atomic E-state index is 14.1. The zero-order valence-electron chi connectivity index (χ0n) is 55.7. The van der Waals surface area contributed by atoms with Crippen LogP contribution in [0.2, 0.25) is 0 Å². The van der Waals surface area contributed by atoms with E-state index in [1.165, 1.54) is 47.8 Å². The molecule has 4 aliphatic heterocycles. The molecular formula is C67H95F2N13O14S. The number of ether oxygens (including phenoxy) is 1. The van der Waals surface area contributed by atoms with Crippen molar-refractivity contribution < 1.29 is 76.8 Å². The number of unbranched alkanes of at least 4 members (excludes halogenated alkanes) is 2. The quantitative estimate of drug-likeness (QED) is 0.0280. The molecule has 4 aliphatic rings. The Kier molecular flexibility index (Phi) is 30.8. The molecule has 2 unspecified atom stereocenters. The fraction of sp³-hybridized carbons (Fsp3) is 0.612. The summed E-state index contributed by atoms with van der Waals surface area (Å²) >= 11 is 1.28. The summed E-state index contributed by atoms with van der Waals surface area (Å²) in [5.41, 5.74) is 3.11. The second-order valence-electron chi connectivity index (χ2n) is 25.3. The number of alkyl halides is 2. The molecule has 0 spiro atoms. The Bertz CT molecular complexity index is 3170. The summed E-state index contributed by atoms with van der Waals surface area (Å²) in [6.07, 6.45) is 7.76. The van der Waals surface area contributed by atoms with Crippen LogP contribution >= 0.6 is 11.8 Å². The fourth-order valence-corrected chi connectivity index (χ4v) is 13.6. The van der Waals surface area contributed by atoms with Crippen LogP contribution < -0.4 is 20.7 Å². The molecule has 4 saturated heterocycles. The highest BCUT2D eigenvalue weighted by molar-refractivity contribution is 8.00. The van der Waals surface area contributed by atoms with Crippen LogP contribution in [0.4, 0.5) is 8.78 Å². The van der Waals surface area contributed by atoms with E-state index in [0.717, 1.165) is 36.3 Å². The van der Waals surface area contributed by atoms with Crippen LogP contribution in [-0.2, 0) is 49.6 Å². The van der Waals surface area contributed by atoms with E-state index in [4.69, 9.17) is 4.74 Å². The molecule has 0 aliphatic carbocycles. The minimum atomic E-state index is -3.05. The van der Waals surface area contributed by atoms with Crippen molar-refractivity contribution in [2.75, 3.05) is 157 Å². The third-order valence-electron chi connectivity index (χ3n) is 17.7. The fourth-order valence-electron chi connectivity index (χ4n) is 12.3. The van der Waals surface area contributed by atoms with Crippen molar-refractivity contribution in [1.29, 1.82) is 0 Å². The zero-order chi connectivity index (χ0) is 69.9. The first-order chi connectivity index (χ1) is 46.5. The molecule has 0 saturated carbocycles. The van der Waals surface area contributed by atoms with Crippen molar-refractivity contribution >= 4 is 88.1 Å². The minimum absolute atomic E-state index is 0.0373. The number of aliphatic imine (C=N–C) groups is 1. The SMILES string of the molecule is CN=C[C@H]1CC(F)(F)CN1C(=O)CNC(=O)c1ccnc2ccc(OCCCCN3CCN(C(=O)CCCN4C(=O)CC(SCC(CCCCNC(=O)CCCc5ccc(C)cc5)NC(=O)CN5CCN(CC(=O)O)CCN(CC(=O)O)CCN(CC(=O)O)CC5)C4=O)CC3)cc12. The van der Waals surface area contributed by atoms with Crippen molar-refractivity contribution in [3.8, 4) is 5.75 Å². The highest BCUT2D eigenvalue weighted by atomic mass is 32.2. The van der Waals surface area contributed by atoms with Gasteiger partial charge in [-0.1, -0.05) is 29.8 Å². The Morgan fingerprint density at radius 3 is 1.97 bits per heavy atom. The number of imide groups is 1. The van der Waals surface area contributed by atoms with E-state index in [1.54, 1.807) is 37.8 Å². The number of pyridine rings is 1. The lowest BCUT2D eigenvalue weighted by molar-refractivity contribution is -0.140. The van der Waals surface area contributed by atoms with Crippen LogP contribution in [0, 0.1) is 6.92 Å². The normalized spacial score (nSPS) is 19.2. The molecule has 1 aromatic heterocycles. The van der Waals surface area contributed by atoms with Gasteiger partial charge >= 0.3 is 17.9 Å². The monoisotopic (exact) mass is 1380 g/mol. The lowest BCUT2D eigenvalue weighted by Gasteiger charge is -2.35. The summed E-state index contributed by atoms with van der Waals surface area (Å²) in [5, 5.41) is 37.4. The molecule has 7 amide bonds. The highest BCUT2D eigenvalue weighted by Gasteiger charge is 2.46. The molecule has 532 valence electrons. The lowest BCUT2D eigenvalue weighted by Crippen LogP contribution is -2.50. The van der Waals surface area contributed by atoms with Gasteiger partial charge < -0.3 is 45.8 Å². The van der Waals surface area contributed by atoms with Crippen molar-refractivity contribution in [3.05, 3.63) is 71.4 Å². The van der Waals surface area contributed by atoms with Gasteiger partial charge in [0.25, 0.3) is 11.8 Å². The van der Waals surface area contributed by atoms with Gasteiger partial charge in [-0.3, -0.25) is 87.3 Å². The Labute approximate surface area is 569 Å². The number of carboxylic acid groups (broad SMARTS) is 3. The summed E-state index contributed by atoms with van der Waals surface area (Å²) in [7, 11) is 1.45. The number of carbonyl (C=O) groups excluding carboxylic acids is 7. The van der Waals surface area contributed by atoms with Crippen LogP contribution in [-0.4, -0.2) is 305 Å². The molecule has 3 atom stereocenters. The smallest absolute Gasteiger partial charge is 0.317 e. The molecule has 97 heavy (non-hydrogen) atoms. The molecule has 27 nitrogen and oxygen atoms in total. The van der Waals surface area contributed by atoms with Gasteiger partial charge in [-0.15, -0.1) is 11.8 Å².